The number of benzene rings is 1. The van der Waals surface area contributed by atoms with Crippen LogP contribution in [-0.4, -0.2) is 5.37 Å². The topological polar surface area (TPSA) is 0 Å². The van der Waals surface area contributed by atoms with Crippen molar-refractivity contribution in [1.29, 1.82) is 0 Å². The van der Waals surface area contributed by atoms with Crippen LogP contribution in [0.15, 0.2) is 30.3 Å². The molecule has 0 aliphatic rings. The lowest BCUT2D eigenvalue weighted by molar-refractivity contribution is 0.582. The molecule has 0 aliphatic heterocycles. The van der Waals surface area contributed by atoms with Crippen LogP contribution in [-0.2, 0) is 0 Å². The third kappa shape index (κ3) is 5.97. The van der Waals surface area contributed by atoms with Crippen molar-refractivity contribution in [3.05, 3.63) is 35.9 Å². The molecule has 0 saturated carbocycles. The maximum atomic E-state index is 5.15. The molecule has 1 unspecified atom stereocenters. The van der Waals surface area contributed by atoms with Gasteiger partial charge in [0, 0.05) is 5.92 Å². The molecule has 0 heterocycles. The molecule has 0 amide bonds. The number of unbranched alkanes of at least 4 members (excludes halogenated alkanes) is 5. The van der Waals surface area contributed by atoms with Crippen molar-refractivity contribution in [2.75, 3.05) is 0 Å². The summed E-state index contributed by atoms with van der Waals surface area (Å²) in [6, 6.07) is 10.6. The van der Waals surface area contributed by atoms with E-state index in [1.807, 2.05) is 5.37 Å². The van der Waals surface area contributed by atoms with Crippen LogP contribution in [0.1, 0.15) is 63.4 Å². The Morgan fingerprint density at radius 1 is 1.00 bits per heavy atom. The number of hydrogen-bond donors (Lipinski definition) is 0. The molecule has 0 nitrogen and oxygen atoms in total. The highest BCUT2D eigenvalue weighted by molar-refractivity contribution is 7.79. The third-order valence-corrected chi connectivity index (χ3v) is 3.59. The summed E-state index contributed by atoms with van der Waals surface area (Å²) < 4.78 is 0. The Hall–Kier alpha value is -0.690. The van der Waals surface area contributed by atoms with Crippen LogP contribution in [0.25, 0.3) is 0 Å². The molecule has 0 bridgehead atoms. The van der Waals surface area contributed by atoms with E-state index in [9.17, 15) is 0 Å². The lowest BCUT2D eigenvalue weighted by atomic mass is 9.94. The maximum absolute atomic E-state index is 5.15. The van der Waals surface area contributed by atoms with Gasteiger partial charge < -0.3 is 0 Å². The molecule has 0 aromatic heterocycles. The van der Waals surface area contributed by atoms with Gasteiger partial charge in [-0.1, -0.05) is 88.0 Å². The number of hydrogen-bond acceptors (Lipinski definition) is 1. The van der Waals surface area contributed by atoms with Gasteiger partial charge in [-0.25, -0.2) is 0 Å². The Kier molecular flexibility index (Phi) is 7.91. The molecule has 1 heteroatoms. The molecule has 17 heavy (non-hydrogen) atoms. The van der Waals surface area contributed by atoms with E-state index in [-0.39, 0.29) is 0 Å². The zero-order valence-electron chi connectivity index (χ0n) is 10.9. The Balaban J connectivity index is 2.22. The molecule has 1 aromatic carbocycles. The van der Waals surface area contributed by atoms with Crippen LogP contribution in [0, 0.1) is 0 Å². The van der Waals surface area contributed by atoms with Gasteiger partial charge in [-0.15, -0.1) is 0 Å². The van der Waals surface area contributed by atoms with Crippen molar-refractivity contribution in [2.24, 2.45) is 0 Å². The Labute approximate surface area is 111 Å². The van der Waals surface area contributed by atoms with Crippen LogP contribution in [0.2, 0.25) is 0 Å². The first-order valence-corrected chi connectivity index (χ1v) is 7.36. The minimum absolute atomic E-state index is 0.470. The van der Waals surface area contributed by atoms with Gasteiger partial charge >= 0.3 is 0 Å². The van der Waals surface area contributed by atoms with Gasteiger partial charge in [-0.2, -0.15) is 0 Å². The molecule has 0 spiro atoms. The van der Waals surface area contributed by atoms with Gasteiger partial charge in [0.25, 0.3) is 0 Å². The summed E-state index contributed by atoms with van der Waals surface area (Å²) in [6.07, 6.45) is 9.35. The summed E-state index contributed by atoms with van der Waals surface area (Å²) >= 11 is 5.15. The summed E-state index contributed by atoms with van der Waals surface area (Å²) in [6.45, 7) is 2.26. The van der Waals surface area contributed by atoms with Crippen LogP contribution in [0.4, 0.5) is 0 Å². The molecular weight excluding hydrogens is 224 g/mol. The normalized spacial score (nSPS) is 12.3. The largest absolute Gasteiger partial charge is 0.0928 e. The molecule has 0 fully saturated rings. The molecule has 0 N–H and O–H groups in total. The lowest BCUT2D eigenvalue weighted by Crippen LogP contribution is -1.98. The van der Waals surface area contributed by atoms with Crippen LogP contribution in [0.3, 0.4) is 0 Å². The highest BCUT2D eigenvalue weighted by Gasteiger charge is 2.06. The van der Waals surface area contributed by atoms with E-state index in [2.05, 4.69) is 37.3 Å². The highest BCUT2D eigenvalue weighted by Crippen LogP contribution is 2.21. The standard InChI is InChI=1S/C16H24S/c1-2-3-4-5-6-8-13-16(14-17)15-11-9-7-10-12-15/h7,9-12,14,16H,2-6,8,13H2,1H3. The summed E-state index contributed by atoms with van der Waals surface area (Å²) in [4.78, 5) is 0. The van der Waals surface area contributed by atoms with Gasteiger partial charge in [0.2, 0.25) is 0 Å². The van der Waals surface area contributed by atoms with Crippen LogP contribution in [0.5, 0.6) is 0 Å². The lowest BCUT2D eigenvalue weighted by Gasteiger charge is -2.11. The molecule has 0 radical (unpaired) electrons. The second-order valence-corrected chi connectivity index (χ2v) is 4.98. The average molecular weight is 248 g/mol. The fourth-order valence-corrected chi connectivity index (χ4v) is 2.45. The van der Waals surface area contributed by atoms with E-state index in [0.29, 0.717) is 5.92 Å². The second kappa shape index (κ2) is 9.35. The molecule has 1 aromatic rings. The molecular formula is C16H24S. The number of thiocarbonyl (C=S) groups is 1. The fourth-order valence-electron chi connectivity index (χ4n) is 2.16. The van der Waals surface area contributed by atoms with E-state index >= 15 is 0 Å². The van der Waals surface area contributed by atoms with Gasteiger partial charge in [0.1, 0.15) is 0 Å². The highest BCUT2D eigenvalue weighted by atomic mass is 32.1. The van der Waals surface area contributed by atoms with Gasteiger partial charge in [0.15, 0.2) is 0 Å². The third-order valence-electron chi connectivity index (χ3n) is 3.26. The molecule has 0 aliphatic carbocycles. The van der Waals surface area contributed by atoms with E-state index in [4.69, 9.17) is 12.2 Å². The molecule has 1 atom stereocenters. The van der Waals surface area contributed by atoms with Crippen molar-refractivity contribution < 1.29 is 0 Å². The van der Waals surface area contributed by atoms with E-state index in [1.54, 1.807) is 0 Å². The Morgan fingerprint density at radius 2 is 1.65 bits per heavy atom. The van der Waals surface area contributed by atoms with Crippen LogP contribution < -0.4 is 0 Å². The number of rotatable bonds is 9. The SMILES string of the molecule is CCCCCCCCC(C=S)c1ccccc1. The van der Waals surface area contributed by atoms with Crippen molar-refractivity contribution in [3.63, 3.8) is 0 Å². The van der Waals surface area contributed by atoms with Crippen molar-refractivity contribution >= 4 is 17.6 Å². The predicted molar refractivity (Wildman–Crippen MR) is 80.8 cm³/mol. The quantitative estimate of drug-likeness (QED) is 0.409. The summed E-state index contributed by atoms with van der Waals surface area (Å²) in [5, 5.41) is 1.93. The fraction of sp³-hybridized carbons (Fsp3) is 0.562. The monoisotopic (exact) mass is 248 g/mol. The van der Waals surface area contributed by atoms with Crippen molar-refractivity contribution in [2.45, 2.75) is 57.8 Å². The summed E-state index contributed by atoms with van der Waals surface area (Å²) in [5.41, 5.74) is 1.37. The van der Waals surface area contributed by atoms with Gasteiger partial charge in [0.05, 0.1) is 0 Å². The second-order valence-electron chi connectivity index (χ2n) is 4.71. The van der Waals surface area contributed by atoms with E-state index in [1.165, 1.54) is 50.5 Å². The Bertz CT molecular complexity index is 292. The molecule has 0 saturated heterocycles. The van der Waals surface area contributed by atoms with Crippen LogP contribution >= 0.6 is 12.2 Å². The minimum atomic E-state index is 0.470. The van der Waals surface area contributed by atoms with Crippen molar-refractivity contribution in [3.8, 4) is 0 Å². The smallest absolute Gasteiger partial charge is 0.0123 e. The summed E-state index contributed by atoms with van der Waals surface area (Å²) in [7, 11) is 0. The first kappa shape index (κ1) is 14.4. The first-order chi connectivity index (χ1) is 8.38. The van der Waals surface area contributed by atoms with Gasteiger partial charge in [-0.05, 0) is 17.4 Å². The zero-order chi connectivity index (χ0) is 12.3. The zero-order valence-corrected chi connectivity index (χ0v) is 11.7. The molecule has 1 rings (SSSR count). The Morgan fingerprint density at radius 3 is 2.29 bits per heavy atom. The maximum Gasteiger partial charge on any atom is 0.0123 e. The molecule has 94 valence electrons. The van der Waals surface area contributed by atoms with E-state index in [0.717, 1.165) is 0 Å². The predicted octanol–water partition coefficient (Wildman–Crippen LogP) is 5.52. The van der Waals surface area contributed by atoms with E-state index < -0.39 is 0 Å². The van der Waals surface area contributed by atoms with Gasteiger partial charge in [-0.3, -0.25) is 0 Å². The van der Waals surface area contributed by atoms with Crippen molar-refractivity contribution in [1.82, 2.24) is 0 Å². The average Bonchev–Trinajstić information content (AvgIpc) is 2.39. The summed E-state index contributed by atoms with van der Waals surface area (Å²) in [5.74, 6) is 0.470. The minimum Gasteiger partial charge on any atom is -0.0928 e. The first-order valence-electron chi connectivity index (χ1n) is 6.88.